The fourth-order valence-corrected chi connectivity index (χ4v) is 3.56. The average Bonchev–Trinajstić information content (AvgIpc) is 2.70. The Bertz CT molecular complexity index is 792. The zero-order valence-corrected chi connectivity index (χ0v) is 21.7. The van der Waals surface area contributed by atoms with Gasteiger partial charge >= 0.3 is 5.97 Å². The number of amides is 2. The first-order valence-electron chi connectivity index (χ1n) is 11.8. The summed E-state index contributed by atoms with van der Waals surface area (Å²) in [5.41, 5.74) is 0.743. The van der Waals surface area contributed by atoms with E-state index in [4.69, 9.17) is 9.47 Å². The molecule has 0 aromatic heterocycles. The van der Waals surface area contributed by atoms with Crippen LogP contribution in [0.4, 0.5) is 0 Å². The Balaban J connectivity index is 3.28. The molecule has 0 aliphatic heterocycles. The number of rotatable bonds is 12. The predicted molar refractivity (Wildman–Crippen MR) is 131 cm³/mol. The van der Waals surface area contributed by atoms with Crippen molar-refractivity contribution in [3.63, 3.8) is 0 Å². The van der Waals surface area contributed by atoms with E-state index in [2.05, 4.69) is 33.0 Å². The number of nitrogens with zero attached hydrogens (tertiary/aromatic N) is 1. The topological polar surface area (TPSA) is 84.9 Å². The van der Waals surface area contributed by atoms with E-state index in [9.17, 15) is 14.4 Å². The van der Waals surface area contributed by atoms with Crippen molar-refractivity contribution in [1.82, 2.24) is 10.2 Å². The Labute approximate surface area is 199 Å². The minimum absolute atomic E-state index is 0.0924. The molecule has 0 radical (unpaired) electrons. The molecule has 0 saturated carbocycles. The lowest BCUT2D eigenvalue weighted by Gasteiger charge is -2.27. The standard InChI is InChI=1S/C26H42N2O5/c1-16(2)12-22(26(31)32-9)27-24(29)21-11-10-20(13-23(21)33-19(7)8)25(30)28(14-17(3)4)15-18(5)6/h10-11,13,16-19,22H,12,14-15H2,1-9H3,(H,27,29). The van der Waals surface area contributed by atoms with Crippen LogP contribution in [0.1, 0.15) is 82.5 Å². The second-order valence-electron chi connectivity index (χ2n) is 10.1. The molecule has 33 heavy (non-hydrogen) atoms. The molecule has 1 N–H and O–H groups in total. The molecule has 0 saturated heterocycles. The monoisotopic (exact) mass is 462 g/mol. The van der Waals surface area contributed by atoms with Crippen LogP contribution in [-0.4, -0.2) is 55.0 Å². The molecule has 1 atom stereocenters. The first-order chi connectivity index (χ1) is 15.3. The summed E-state index contributed by atoms with van der Waals surface area (Å²) in [4.78, 5) is 40.3. The van der Waals surface area contributed by atoms with Gasteiger partial charge in [0.2, 0.25) is 0 Å². The zero-order chi connectivity index (χ0) is 25.3. The highest BCUT2D eigenvalue weighted by Crippen LogP contribution is 2.24. The van der Waals surface area contributed by atoms with E-state index in [1.807, 2.05) is 32.6 Å². The first kappa shape index (κ1) is 28.5. The normalized spacial score (nSPS) is 12.3. The van der Waals surface area contributed by atoms with Gasteiger partial charge in [0.25, 0.3) is 11.8 Å². The van der Waals surface area contributed by atoms with E-state index >= 15 is 0 Å². The van der Waals surface area contributed by atoms with E-state index in [1.54, 1.807) is 18.2 Å². The van der Waals surface area contributed by atoms with Gasteiger partial charge in [0, 0.05) is 18.7 Å². The van der Waals surface area contributed by atoms with Gasteiger partial charge in [0.15, 0.2) is 0 Å². The van der Waals surface area contributed by atoms with Crippen molar-refractivity contribution in [2.75, 3.05) is 20.2 Å². The molecule has 0 spiro atoms. The molecule has 1 aromatic rings. The van der Waals surface area contributed by atoms with Gasteiger partial charge in [0.1, 0.15) is 11.8 Å². The lowest BCUT2D eigenvalue weighted by molar-refractivity contribution is -0.143. The van der Waals surface area contributed by atoms with Crippen LogP contribution in [-0.2, 0) is 9.53 Å². The van der Waals surface area contributed by atoms with E-state index in [1.165, 1.54) is 7.11 Å². The molecular formula is C26H42N2O5. The van der Waals surface area contributed by atoms with Crippen molar-refractivity contribution < 1.29 is 23.9 Å². The van der Waals surface area contributed by atoms with Gasteiger partial charge in [-0.1, -0.05) is 41.5 Å². The second-order valence-corrected chi connectivity index (χ2v) is 10.1. The average molecular weight is 463 g/mol. The molecule has 7 heteroatoms. The quantitative estimate of drug-likeness (QED) is 0.461. The van der Waals surface area contributed by atoms with Gasteiger partial charge in [-0.2, -0.15) is 0 Å². The van der Waals surface area contributed by atoms with Gasteiger partial charge in [-0.05, 0) is 56.2 Å². The van der Waals surface area contributed by atoms with Crippen molar-refractivity contribution in [3.8, 4) is 5.75 Å². The van der Waals surface area contributed by atoms with Crippen LogP contribution >= 0.6 is 0 Å². The van der Waals surface area contributed by atoms with Crippen molar-refractivity contribution in [1.29, 1.82) is 0 Å². The van der Waals surface area contributed by atoms with Crippen molar-refractivity contribution in [2.24, 2.45) is 17.8 Å². The van der Waals surface area contributed by atoms with E-state index in [0.29, 0.717) is 42.7 Å². The molecule has 0 heterocycles. The summed E-state index contributed by atoms with van der Waals surface area (Å²) in [6, 6.07) is 4.10. The highest BCUT2D eigenvalue weighted by molar-refractivity contribution is 6.01. The van der Waals surface area contributed by atoms with E-state index in [-0.39, 0.29) is 23.5 Å². The molecule has 7 nitrogen and oxygen atoms in total. The van der Waals surface area contributed by atoms with Crippen LogP contribution < -0.4 is 10.1 Å². The Morgan fingerprint density at radius 2 is 1.48 bits per heavy atom. The summed E-state index contributed by atoms with van der Waals surface area (Å²) in [7, 11) is 1.30. The first-order valence-corrected chi connectivity index (χ1v) is 11.8. The van der Waals surface area contributed by atoms with Crippen LogP contribution in [0.3, 0.4) is 0 Å². The van der Waals surface area contributed by atoms with E-state index < -0.39 is 17.9 Å². The zero-order valence-electron chi connectivity index (χ0n) is 21.7. The molecule has 186 valence electrons. The molecule has 0 aliphatic carbocycles. The number of benzene rings is 1. The summed E-state index contributed by atoms with van der Waals surface area (Å²) in [5, 5.41) is 2.76. The highest BCUT2D eigenvalue weighted by atomic mass is 16.5. The van der Waals surface area contributed by atoms with Gasteiger partial charge in [0.05, 0.1) is 18.8 Å². The molecule has 0 bridgehead atoms. The maximum Gasteiger partial charge on any atom is 0.328 e. The molecule has 1 unspecified atom stereocenters. The summed E-state index contributed by atoms with van der Waals surface area (Å²) in [5.74, 6) is 0.144. The Morgan fingerprint density at radius 3 is 1.94 bits per heavy atom. The molecule has 1 aromatic carbocycles. The highest BCUT2D eigenvalue weighted by Gasteiger charge is 2.26. The van der Waals surface area contributed by atoms with Gasteiger partial charge in [-0.15, -0.1) is 0 Å². The summed E-state index contributed by atoms with van der Waals surface area (Å²) < 4.78 is 10.8. The van der Waals surface area contributed by atoms with Crippen molar-refractivity contribution in [2.45, 2.75) is 74.0 Å². The lowest BCUT2D eigenvalue weighted by atomic mass is 10.0. The predicted octanol–water partition coefficient (Wildman–Crippen LogP) is 4.55. The number of carbonyl (C=O) groups excluding carboxylic acids is 3. The SMILES string of the molecule is COC(=O)C(CC(C)C)NC(=O)c1ccc(C(=O)N(CC(C)C)CC(C)C)cc1OC(C)C. The number of esters is 1. The van der Waals surface area contributed by atoms with Gasteiger partial charge < -0.3 is 19.7 Å². The van der Waals surface area contributed by atoms with Crippen LogP contribution in [0.25, 0.3) is 0 Å². The van der Waals surface area contributed by atoms with Crippen molar-refractivity contribution >= 4 is 17.8 Å². The van der Waals surface area contributed by atoms with Crippen LogP contribution in [0.5, 0.6) is 5.75 Å². The number of hydrogen-bond acceptors (Lipinski definition) is 5. The summed E-state index contributed by atoms with van der Waals surface area (Å²) >= 11 is 0. The third-order valence-electron chi connectivity index (χ3n) is 4.79. The van der Waals surface area contributed by atoms with Gasteiger partial charge in [-0.25, -0.2) is 4.79 Å². The lowest BCUT2D eigenvalue weighted by Crippen LogP contribution is -2.42. The number of nitrogens with one attached hydrogen (secondary N) is 1. The molecule has 1 rings (SSSR count). The number of hydrogen-bond donors (Lipinski definition) is 1. The third kappa shape index (κ3) is 9.44. The van der Waals surface area contributed by atoms with Crippen molar-refractivity contribution in [3.05, 3.63) is 29.3 Å². The van der Waals surface area contributed by atoms with E-state index in [0.717, 1.165) is 0 Å². The fourth-order valence-electron chi connectivity index (χ4n) is 3.56. The van der Waals surface area contributed by atoms with Crippen LogP contribution in [0.2, 0.25) is 0 Å². The molecular weight excluding hydrogens is 420 g/mol. The Kier molecular flexibility index (Phi) is 11.4. The minimum atomic E-state index is -0.761. The molecule has 2 amide bonds. The van der Waals surface area contributed by atoms with Gasteiger partial charge in [-0.3, -0.25) is 9.59 Å². The number of methoxy groups -OCH3 is 1. The number of carbonyl (C=O) groups is 3. The smallest absolute Gasteiger partial charge is 0.328 e. The molecule has 0 aliphatic rings. The Morgan fingerprint density at radius 1 is 0.909 bits per heavy atom. The maximum absolute atomic E-state index is 13.3. The fraction of sp³-hybridized carbons (Fsp3) is 0.654. The minimum Gasteiger partial charge on any atom is -0.490 e. The van der Waals surface area contributed by atoms with Crippen LogP contribution in [0.15, 0.2) is 18.2 Å². The van der Waals surface area contributed by atoms with Crippen LogP contribution in [0, 0.1) is 17.8 Å². The maximum atomic E-state index is 13.3. The third-order valence-corrected chi connectivity index (χ3v) is 4.79. The largest absolute Gasteiger partial charge is 0.490 e. The molecule has 0 fully saturated rings. The summed E-state index contributed by atoms with van der Waals surface area (Å²) in [6.45, 7) is 17.3. The summed E-state index contributed by atoms with van der Waals surface area (Å²) in [6.07, 6.45) is 0.255. The number of ether oxygens (including phenoxy) is 2. The second kappa shape index (κ2) is 13.2. The Hall–Kier alpha value is -2.57.